The summed E-state index contributed by atoms with van der Waals surface area (Å²) in [4.78, 5) is 15.0. The van der Waals surface area contributed by atoms with E-state index in [-0.39, 0.29) is 17.5 Å². The van der Waals surface area contributed by atoms with E-state index in [0.717, 1.165) is 0 Å². The van der Waals surface area contributed by atoms with Crippen LogP contribution in [-0.2, 0) is 0 Å². The molecule has 2 aromatic rings. The second kappa shape index (κ2) is 5.27. The van der Waals surface area contributed by atoms with Crippen molar-refractivity contribution in [2.45, 2.75) is 20.0 Å². The lowest BCUT2D eigenvalue weighted by molar-refractivity contribution is 0.0697. The highest BCUT2D eigenvalue weighted by Crippen LogP contribution is 2.20. The molecule has 19 heavy (non-hydrogen) atoms. The third-order valence-corrected chi connectivity index (χ3v) is 2.87. The number of carboxylic acids is 1. The molecule has 0 fully saturated rings. The smallest absolute Gasteiger partial charge is 0.335 e. The molecule has 1 aromatic carbocycles. The number of aliphatic hydroxyl groups excluding tert-OH is 1. The predicted octanol–water partition coefficient (Wildman–Crippen LogP) is 1.95. The molecule has 0 amide bonds. The Morgan fingerprint density at radius 1 is 1.47 bits per heavy atom. The number of hydrogen-bond acceptors (Lipinski definition) is 5. The number of aromatic nitrogens is 1. The highest BCUT2D eigenvalue weighted by atomic mass is 16.4. The van der Waals surface area contributed by atoms with Crippen LogP contribution in [0.2, 0.25) is 0 Å². The zero-order valence-electron chi connectivity index (χ0n) is 10.8. The van der Waals surface area contributed by atoms with Gasteiger partial charge in [0.2, 0.25) is 0 Å². The minimum Gasteiger partial charge on any atom is -0.478 e. The van der Waals surface area contributed by atoms with Crippen LogP contribution in [-0.4, -0.2) is 33.8 Å². The van der Waals surface area contributed by atoms with Gasteiger partial charge in [0.05, 0.1) is 11.7 Å². The van der Waals surface area contributed by atoms with Crippen molar-refractivity contribution in [1.29, 1.82) is 0 Å². The van der Waals surface area contributed by atoms with E-state index in [4.69, 9.17) is 9.52 Å². The molecular formula is C13H16N2O4. The van der Waals surface area contributed by atoms with Crippen LogP contribution in [0.1, 0.15) is 24.2 Å². The Bertz CT molecular complexity index is 591. The number of benzene rings is 1. The first kappa shape index (κ1) is 13.4. The fourth-order valence-electron chi connectivity index (χ4n) is 1.56. The number of carbonyl (C=O) groups is 1. The Labute approximate surface area is 110 Å². The normalized spacial score (nSPS) is 12.8. The van der Waals surface area contributed by atoms with Crippen molar-refractivity contribution in [3.05, 3.63) is 23.8 Å². The number of anilines is 1. The van der Waals surface area contributed by atoms with Crippen LogP contribution < -0.4 is 5.32 Å². The fourth-order valence-corrected chi connectivity index (χ4v) is 1.56. The van der Waals surface area contributed by atoms with E-state index in [1.807, 2.05) is 13.8 Å². The van der Waals surface area contributed by atoms with Gasteiger partial charge in [0.15, 0.2) is 5.58 Å². The summed E-state index contributed by atoms with van der Waals surface area (Å²) < 4.78 is 5.39. The molecule has 2 rings (SSSR count). The number of nitrogens with one attached hydrogen (secondary N) is 1. The Morgan fingerprint density at radius 3 is 2.84 bits per heavy atom. The molecule has 0 saturated heterocycles. The Kier molecular flexibility index (Phi) is 3.71. The van der Waals surface area contributed by atoms with Crippen molar-refractivity contribution < 1.29 is 19.4 Å². The quantitative estimate of drug-likeness (QED) is 0.764. The maximum Gasteiger partial charge on any atom is 0.335 e. The van der Waals surface area contributed by atoms with E-state index < -0.39 is 12.1 Å². The average Bonchev–Trinajstić information content (AvgIpc) is 2.77. The summed E-state index contributed by atoms with van der Waals surface area (Å²) in [5.41, 5.74) is 1.13. The van der Waals surface area contributed by atoms with E-state index in [1.165, 1.54) is 12.1 Å². The summed E-state index contributed by atoms with van der Waals surface area (Å²) in [7, 11) is 0. The second-order valence-electron chi connectivity index (χ2n) is 4.70. The molecule has 1 aromatic heterocycles. The molecule has 1 atom stereocenters. The lowest BCUT2D eigenvalue weighted by Gasteiger charge is -2.13. The highest BCUT2D eigenvalue weighted by molar-refractivity contribution is 5.92. The van der Waals surface area contributed by atoms with Gasteiger partial charge >= 0.3 is 5.97 Å². The number of fused-ring (bicyclic) bond motifs is 1. The van der Waals surface area contributed by atoms with Gasteiger partial charge in [-0.2, -0.15) is 4.98 Å². The third-order valence-electron chi connectivity index (χ3n) is 2.87. The van der Waals surface area contributed by atoms with Crippen LogP contribution in [0.5, 0.6) is 0 Å². The lowest BCUT2D eigenvalue weighted by Crippen LogP contribution is -2.24. The summed E-state index contributed by atoms with van der Waals surface area (Å²) in [6.45, 7) is 4.16. The topological polar surface area (TPSA) is 95.6 Å². The third kappa shape index (κ3) is 3.03. The van der Waals surface area contributed by atoms with E-state index in [1.54, 1.807) is 6.07 Å². The van der Waals surface area contributed by atoms with Crippen LogP contribution in [0.15, 0.2) is 22.6 Å². The minimum absolute atomic E-state index is 0.135. The monoisotopic (exact) mass is 264 g/mol. The fraction of sp³-hybridized carbons (Fsp3) is 0.385. The standard InChI is InChI=1S/C13H16N2O4/c1-7(2)10(16)6-14-13-15-9-4-3-8(12(17)18)5-11(9)19-13/h3-5,7,10,16H,6H2,1-2H3,(H,14,15)(H,17,18). The van der Waals surface area contributed by atoms with Crippen LogP contribution in [0.25, 0.3) is 11.1 Å². The van der Waals surface area contributed by atoms with Crippen molar-refractivity contribution in [2.24, 2.45) is 5.92 Å². The molecule has 0 saturated carbocycles. The average molecular weight is 264 g/mol. The Morgan fingerprint density at radius 2 is 2.21 bits per heavy atom. The molecule has 0 aliphatic carbocycles. The molecular weight excluding hydrogens is 248 g/mol. The van der Waals surface area contributed by atoms with Gasteiger partial charge in [-0.05, 0) is 24.1 Å². The van der Waals surface area contributed by atoms with Gasteiger partial charge < -0.3 is 19.9 Å². The van der Waals surface area contributed by atoms with Gasteiger partial charge in [0, 0.05) is 6.54 Å². The van der Waals surface area contributed by atoms with Crippen LogP contribution >= 0.6 is 0 Å². The molecule has 1 unspecified atom stereocenters. The van der Waals surface area contributed by atoms with Crippen molar-refractivity contribution >= 4 is 23.1 Å². The summed E-state index contributed by atoms with van der Waals surface area (Å²) in [6, 6.07) is 4.76. The molecule has 0 bridgehead atoms. The first-order valence-corrected chi connectivity index (χ1v) is 6.03. The van der Waals surface area contributed by atoms with E-state index in [2.05, 4.69) is 10.3 Å². The van der Waals surface area contributed by atoms with Crippen molar-refractivity contribution in [2.75, 3.05) is 11.9 Å². The summed E-state index contributed by atoms with van der Waals surface area (Å²) >= 11 is 0. The summed E-state index contributed by atoms with van der Waals surface area (Å²) in [6.07, 6.45) is -0.496. The minimum atomic E-state index is -1.01. The van der Waals surface area contributed by atoms with Crippen molar-refractivity contribution in [1.82, 2.24) is 4.98 Å². The molecule has 0 aliphatic rings. The number of aliphatic hydroxyl groups is 1. The largest absolute Gasteiger partial charge is 0.478 e. The molecule has 1 heterocycles. The van der Waals surface area contributed by atoms with Crippen LogP contribution in [0, 0.1) is 5.92 Å². The molecule has 102 valence electrons. The van der Waals surface area contributed by atoms with Gasteiger partial charge in [-0.3, -0.25) is 0 Å². The number of nitrogens with zero attached hydrogens (tertiary/aromatic N) is 1. The molecule has 0 spiro atoms. The maximum absolute atomic E-state index is 10.8. The molecule has 0 radical (unpaired) electrons. The van der Waals surface area contributed by atoms with Crippen molar-refractivity contribution in [3.63, 3.8) is 0 Å². The van der Waals surface area contributed by atoms with E-state index in [0.29, 0.717) is 17.6 Å². The van der Waals surface area contributed by atoms with Crippen LogP contribution in [0.3, 0.4) is 0 Å². The second-order valence-corrected chi connectivity index (χ2v) is 4.70. The molecule has 6 nitrogen and oxygen atoms in total. The molecule has 6 heteroatoms. The van der Waals surface area contributed by atoms with Crippen LogP contribution in [0.4, 0.5) is 6.01 Å². The van der Waals surface area contributed by atoms with E-state index >= 15 is 0 Å². The number of rotatable bonds is 5. The number of oxazole rings is 1. The first-order valence-electron chi connectivity index (χ1n) is 6.03. The van der Waals surface area contributed by atoms with Gasteiger partial charge in [0.25, 0.3) is 6.01 Å². The highest BCUT2D eigenvalue weighted by Gasteiger charge is 2.12. The maximum atomic E-state index is 10.8. The summed E-state index contributed by atoms with van der Waals surface area (Å²) in [5.74, 6) is -0.876. The Balaban J connectivity index is 2.15. The van der Waals surface area contributed by atoms with Crippen molar-refractivity contribution in [3.8, 4) is 0 Å². The molecule has 3 N–H and O–H groups in total. The zero-order chi connectivity index (χ0) is 14.0. The number of carboxylic acid groups (broad SMARTS) is 1. The van der Waals surface area contributed by atoms with Gasteiger partial charge in [-0.25, -0.2) is 4.79 Å². The number of hydrogen-bond donors (Lipinski definition) is 3. The zero-order valence-corrected chi connectivity index (χ0v) is 10.8. The van der Waals surface area contributed by atoms with Gasteiger partial charge in [0.1, 0.15) is 5.52 Å². The number of aromatic carboxylic acids is 1. The summed E-state index contributed by atoms with van der Waals surface area (Å²) in [5, 5.41) is 21.4. The first-order chi connectivity index (χ1) is 8.97. The predicted molar refractivity (Wildman–Crippen MR) is 70.3 cm³/mol. The lowest BCUT2D eigenvalue weighted by atomic mass is 10.1. The molecule has 0 aliphatic heterocycles. The van der Waals surface area contributed by atoms with E-state index in [9.17, 15) is 9.90 Å². The Hall–Kier alpha value is -2.08. The van der Waals surface area contributed by atoms with Gasteiger partial charge in [-0.1, -0.05) is 13.8 Å². The SMILES string of the molecule is CC(C)C(O)CNc1nc2ccc(C(=O)O)cc2o1. The van der Waals surface area contributed by atoms with Gasteiger partial charge in [-0.15, -0.1) is 0 Å².